The molecule has 0 aliphatic carbocycles. The zero-order valence-electron chi connectivity index (χ0n) is 12.8. The van der Waals surface area contributed by atoms with Crippen molar-refractivity contribution in [1.82, 2.24) is 10.3 Å². The summed E-state index contributed by atoms with van der Waals surface area (Å²) in [6.45, 7) is 4.05. The van der Waals surface area contributed by atoms with E-state index in [2.05, 4.69) is 17.2 Å². The Bertz CT molecular complexity index is 566. The smallest absolute Gasteiger partial charge is 0.194 e. The Morgan fingerprint density at radius 1 is 1.24 bits per heavy atom. The highest BCUT2D eigenvalue weighted by Gasteiger charge is 2.15. The largest absolute Gasteiger partial charge is 0.493 e. The van der Waals surface area contributed by atoms with Crippen LogP contribution >= 0.6 is 0 Å². The summed E-state index contributed by atoms with van der Waals surface area (Å²) in [5.41, 5.74) is 0.849. The highest BCUT2D eigenvalue weighted by Crippen LogP contribution is 2.37. The third-order valence-corrected chi connectivity index (χ3v) is 3.22. The highest BCUT2D eigenvalue weighted by atomic mass is 16.5. The van der Waals surface area contributed by atoms with E-state index in [1.165, 1.54) is 0 Å². The van der Waals surface area contributed by atoms with Crippen molar-refractivity contribution in [2.75, 3.05) is 27.3 Å². The number of nitrogens with one attached hydrogen (secondary N) is 1. The Kier molecular flexibility index (Phi) is 5.63. The molecule has 0 saturated heterocycles. The molecule has 1 aromatic carbocycles. The molecule has 2 rings (SSSR count). The Balaban J connectivity index is 2.14. The first-order valence-corrected chi connectivity index (χ1v) is 7.17. The van der Waals surface area contributed by atoms with Crippen LogP contribution in [0.1, 0.15) is 19.2 Å². The van der Waals surface area contributed by atoms with E-state index in [0.717, 1.165) is 37.4 Å². The fraction of sp³-hybridized carbons (Fsp3) is 0.438. The molecule has 21 heavy (non-hydrogen) atoms. The average Bonchev–Trinajstić information content (AvgIpc) is 2.99. The second-order valence-corrected chi connectivity index (χ2v) is 4.62. The lowest BCUT2D eigenvalue weighted by atomic mass is 10.1. The van der Waals surface area contributed by atoms with Crippen LogP contribution in [0.5, 0.6) is 11.5 Å². The van der Waals surface area contributed by atoms with Gasteiger partial charge < -0.3 is 19.2 Å². The van der Waals surface area contributed by atoms with Crippen molar-refractivity contribution in [3.63, 3.8) is 0 Å². The van der Waals surface area contributed by atoms with E-state index in [1.807, 2.05) is 18.2 Å². The second kappa shape index (κ2) is 7.69. The summed E-state index contributed by atoms with van der Waals surface area (Å²) in [6.07, 6.45) is 3.56. The Hall–Kier alpha value is -2.01. The summed E-state index contributed by atoms with van der Waals surface area (Å²) in [7, 11) is 3.24. The van der Waals surface area contributed by atoms with Crippen LogP contribution in [0.4, 0.5) is 0 Å². The van der Waals surface area contributed by atoms with Gasteiger partial charge in [-0.25, -0.2) is 4.98 Å². The van der Waals surface area contributed by atoms with Gasteiger partial charge in [-0.2, -0.15) is 0 Å². The van der Waals surface area contributed by atoms with Crippen LogP contribution in [0.25, 0.3) is 11.3 Å². The monoisotopic (exact) mass is 290 g/mol. The van der Waals surface area contributed by atoms with E-state index in [-0.39, 0.29) is 0 Å². The third-order valence-electron chi connectivity index (χ3n) is 3.22. The summed E-state index contributed by atoms with van der Waals surface area (Å²) in [5.74, 6) is 2.78. The summed E-state index contributed by atoms with van der Waals surface area (Å²) in [5, 5.41) is 3.28. The lowest BCUT2D eigenvalue weighted by molar-refractivity contribution is 0.355. The maximum atomic E-state index is 5.82. The van der Waals surface area contributed by atoms with Crippen molar-refractivity contribution >= 4 is 0 Å². The van der Waals surface area contributed by atoms with Crippen LogP contribution in [-0.4, -0.2) is 32.3 Å². The molecule has 1 aromatic heterocycles. The quantitative estimate of drug-likeness (QED) is 0.758. The second-order valence-electron chi connectivity index (χ2n) is 4.62. The van der Waals surface area contributed by atoms with E-state index in [1.54, 1.807) is 20.4 Å². The van der Waals surface area contributed by atoms with Crippen molar-refractivity contribution < 1.29 is 13.9 Å². The van der Waals surface area contributed by atoms with E-state index in [0.29, 0.717) is 17.3 Å². The molecule has 0 amide bonds. The van der Waals surface area contributed by atoms with E-state index < -0.39 is 0 Å². The van der Waals surface area contributed by atoms with Crippen molar-refractivity contribution in [3.05, 3.63) is 30.3 Å². The van der Waals surface area contributed by atoms with Gasteiger partial charge in [0.25, 0.3) is 0 Å². The van der Waals surface area contributed by atoms with Crippen LogP contribution in [0.15, 0.2) is 28.8 Å². The number of aryl methyl sites for hydroxylation is 1. The van der Waals surface area contributed by atoms with Crippen molar-refractivity contribution in [1.29, 1.82) is 0 Å². The molecule has 0 unspecified atom stereocenters. The molecule has 1 heterocycles. The number of oxazole rings is 1. The first kappa shape index (κ1) is 15.4. The number of para-hydroxylation sites is 1. The fourth-order valence-electron chi connectivity index (χ4n) is 2.17. The van der Waals surface area contributed by atoms with Gasteiger partial charge in [-0.15, -0.1) is 0 Å². The molecule has 0 saturated carbocycles. The van der Waals surface area contributed by atoms with E-state index in [4.69, 9.17) is 13.9 Å². The van der Waals surface area contributed by atoms with Crippen molar-refractivity contribution in [2.24, 2.45) is 0 Å². The van der Waals surface area contributed by atoms with Gasteiger partial charge in [0.2, 0.25) is 0 Å². The zero-order chi connectivity index (χ0) is 15.1. The van der Waals surface area contributed by atoms with Gasteiger partial charge in [0, 0.05) is 6.42 Å². The molecule has 114 valence electrons. The van der Waals surface area contributed by atoms with E-state index >= 15 is 0 Å². The van der Waals surface area contributed by atoms with Gasteiger partial charge in [0.15, 0.2) is 23.1 Å². The molecule has 0 spiro atoms. The molecular weight excluding hydrogens is 268 g/mol. The summed E-state index contributed by atoms with van der Waals surface area (Å²) >= 11 is 0. The molecule has 5 heteroatoms. The number of methoxy groups -OCH3 is 2. The molecule has 0 aliphatic rings. The molecule has 0 bridgehead atoms. The molecule has 2 aromatic rings. The predicted octanol–water partition coefficient (Wildman–Crippen LogP) is 2.90. The normalized spacial score (nSPS) is 10.6. The number of benzene rings is 1. The van der Waals surface area contributed by atoms with Crippen LogP contribution in [-0.2, 0) is 6.42 Å². The van der Waals surface area contributed by atoms with Gasteiger partial charge in [-0.05, 0) is 31.6 Å². The van der Waals surface area contributed by atoms with Gasteiger partial charge in [-0.3, -0.25) is 0 Å². The zero-order valence-corrected chi connectivity index (χ0v) is 12.8. The minimum absolute atomic E-state index is 0.662. The Labute approximate surface area is 125 Å². The Morgan fingerprint density at radius 2 is 2.10 bits per heavy atom. The summed E-state index contributed by atoms with van der Waals surface area (Å²) in [6, 6.07) is 5.70. The third kappa shape index (κ3) is 3.76. The molecule has 1 N–H and O–H groups in total. The maximum Gasteiger partial charge on any atom is 0.194 e. The predicted molar refractivity (Wildman–Crippen MR) is 81.9 cm³/mol. The molecular formula is C16H22N2O3. The number of nitrogens with zero attached hydrogens (tertiary/aromatic N) is 1. The first-order valence-electron chi connectivity index (χ1n) is 7.17. The van der Waals surface area contributed by atoms with Gasteiger partial charge >= 0.3 is 0 Å². The molecule has 0 aliphatic heterocycles. The standard InChI is InChI=1S/C16H22N2O3/c1-4-17-10-6-9-15-18-11-14(21-15)12-7-5-8-13(19-2)16(12)20-3/h5,7-8,11,17H,4,6,9-10H2,1-3H3. The number of rotatable bonds is 8. The number of hydrogen-bond acceptors (Lipinski definition) is 5. The molecule has 0 fully saturated rings. The lowest BCUT2D eigenvalue weighted by Gasteiger charge is -2.10. The minimum atomic E-state index is 0.662. The van der Waals surface area contributed by atoms with Crippen LogP contribution in [0.3, 0.4) is 0 Å². The molecule has 5 nitrogen and oxygen atoms in total. The molecule has 0 atom stereocenters. The van der Waals surface area contributed by atoms with Gasteiger partial charge in [0.05, 0.1) is 26.0 Å². The van der Waals surface area contributed by atoms with Crippen LogP contribution < -0.4 is 14.8 Å². The number of hydrogen-bond donors (Lipinski definition) is 1. The SMILES string of the molecule is CCNCCCc1ncc(-c2cccc(OC)c2OC)o1. The maximum absolute atomic E-state index is 5.82. The average molecular weight is 290 g/mol. The van der Waals surface area contributed by atoms with Crippen molar-refractivity contribution in [3.8, 4) is 22.8 Å². The topological polar surface area (TPSA) is 56.5 Å². The Morgan fingerprint density at radius 3 is 2.81 bits per heavy atom. The minimum Gasteiger partial charge on any atom is -0.493 e. The number of ether oxygens (including phenoxy) is 2. The van der Waals surface area contributed by atoms with Gasteiger partial charge in [-0.1, -0.05) is 13.0 Å². The summed E-state index contributed by atoms with van der Waals surface area (Å²) < 4.78 is 16.5. The summed E-state index contributed by atoms with van der Waals surface area (Å²) in [4.78, 5) is 4.33. The van der Waals surface area contributed by atoms with Gasteiger partial charge in [0.1, 0.15) is 0 Å². The van der Waals surface area contributed by atoms with Crippen LogP contribution in [0, 0.1) is 0 Å². The van der Waals surface area contributed by atoms with Crippen molar-refractivity contribution in [2.45, 2.75) is 19.8 Å². The molecule has 0 radical (unpaired) electrons. The fourth-order valence-corrected chi connectivity index (χ4v) is 2.17. The number of aromatic nitrogens is 1. The lowest BCUT2D eigenvalue weighted by Crippen LogP contribution is -2.14. The van der Waals surface area contributed by atoms with E-state index in [9.17, 15) is 0 Å². The first-order chi connectivity index (χ1) is 10.3. The highest BCUT2D eigenvalue weighted by molar-refractivity contribution is 5.69. The van der Waals surface area contributed by atoms with Crippen LogP contribution in [0.2, 0.25) is 0 Å².